The van der Waals surface area contributed by atoms with Crippen molar-refractivity contribution >= 4 is 28.3 Å². The maximum Gasteiger partial charge on any atom is 0.0478 e. The lowest BCUT2D eigenvalue weighted by atomic mass is 10.2. The van der Waals surface area contributed by atoms with Gasteiger partial charge in [0, 0.05) is 15.8 Å². The molecule has 0 heterocycles. The van der Waals surface area contributed by atoms with Crippen LogP contribution in [0.15, 0.2) is 18.2 Å². The topological polar surface area (TPSA) is 12.0 Å². The molecule has 0 amide bonds. The summed E-state index contributed by atoms with van der Waals surface area (Å²) in [4.78, 5) is 0. The lowest BCUT2D eigenvalue weighted by Gasteiger charge is -2.07. The van der Waals surface area contributed by atoms with Crippen molar-refractivity contribution in [2.45, 2.75) is 20.3 Å². The SMILES string of the molecule is CCCNc1cc(C)ccc1I. The first kappa shape index (κ1) is 9.84. The Labute approximate surface area is 87.7 Å². The molecule has 2 heteroatoms. The maximum atomic E-state index is 3.40. The second-order valence-corrected chi connectivity index (χ2v) is 4.07. The average Bonchev–Trinajstić information content (AvgIpc) is 2.07. The Balaban J connectivity index is 2.75. The van der Waals surface area contributed by atoms with E-state index in [0.29, 0.717) is 0 Å². The summed E-state index contributed by atoms with van der Waals surface area (Å²) in [5.41, 5.74) is 2.58. The van der Waals surface area contributed by atoms with Crippen molar-refractivity contribution in [2.75, 3.05) is 11.9 Å². The second kappa shape index (κ2) is 4.70. The molecular formula is C10H14IN. The number of halogens is 1. The molecule has 0 fully saturated rings. The van der Waals surface area contributed by atoms with E-state index in [1.54, 1.807) is 0 Å². The Hall–Kier alpha value is -0.250. The minimum absolute atomic E-state index is 1.06. The van der Waals surface area contributed by atoms with Gasteiger partial charge in [-0.25, -0.2) is 0 Å². The summed E-state index contributed by atoms with van der Waals surface area (Å²) in [5, 5.41) is 3.40. The van der Waals surface area contributed by atoms with Gasteiger partial charge in [-0.05, 0) is 53.6 Å². The van der Waals surface area contributed by atoms with Gasteiger partial charge in [0.1, 0.15) is 0 Å². The first-order valence-corrected chi connectivity index (χ1v) is 5.32. The van der Waals surface area contributed by atoms with E-state index < -0.39 is 0 Å². The Kier molecular flexibility index (Phi) is 3.85. The summed E-state index contributed by atoms with van der Waals surface area (Å²) >= 11 is 2.35. The van der Waals surface area contributed by atoms with Crippen molar-refractivity contribution in [2.24, 2.45) is 0 Å². The molecule has 0 radical (unpaired) electrons. The Morgan fingerprint density at radius 2 is 2.17 bits per heavy atom. The fourth-order valence-corrected chi connectivity index (χ4v) is 1.56. The van der Waals surface area contributed by atoms with Gasteiger partial charge in [-0.15, -0.1) is 0 Å². The molecule has 1 N–H and O–H groups in total. The largest absolute Gasteiger partial charge is 0.384 e. The zero-order valence-corrected chi connectivity index (χ0v) is 9.68. The third kappa shape index (κ3) is 2.66. The molecule has 0 aromatic heterocycles. The second-order valence-electron chi connectivity index (χ2n) is 2.91. The van der Waals surface area contributed by atoms with Crippen LogP contribution >= 0.6 is 22.6 Å². The van der Waals surface area contributed by atoms with Crippen LogP contribution in [0.25, 0.3) is 0 Å². The van der Waals surface area contributed by atoms with Crippen LogP contribution in [0.5, 0.6) is 0 Å². The normalized spacial score (nSPS) is 9.92. The van der Waals surface area contributed by atoms with E-state index in [4.69, 9.17) is 0 Å². The van der Waals surface area contributed by atoms with Crippen molar-refractivity contribution < 1.29 is 0 Å². The van der Waals surface area contributed by atoms with E-state index in [0.717, 1.165) is 6.54 Å². The number of hydrogen-bond donors (Lipinski definition) is 1. The number of nitrogens with one attached hydrogen (secondary N) is 1. The molecule has 0 aliphatic heterocycles. The summed E-state index contributed by atoms with van der Waals surface area (Å²) in [6.45, 7) is 5.35. The van der Waals surface area contributed by atoms with Crippen LogP contribution in [-0.2, 0) is 0 Å². The number of rotatable bonds is 3. The number of aryl methyl sites for hydroxylation is 1. The highest BCUT2D eigenvalue weighted by Crippen LogP contribution is 2.19. The van der Waals surface area contributed by atoms with Crippen LogP contribution in [0.4, 0.5) is 5.69 Å². The van der Waals surface area contributed by atoms with Crippen LogP contribution in [0, 0.1) is 10.5 Å². The molecule has 0 saturated carbocycles. The van der Waals surface area contributed by atoms with Gasteiger partial charge in [-0.3, -0.25) is 0 Å². The molecule has 1 rings (SSSR count). The quantitative estimate of drug-likeness (QED) is 0.833. The molecule has 0 saturated heterocycles. The Bertz CT molecular complexity index is 258. The zero-order valence-electron chi connectivity index (χ0n) is 7.52. The highest BCUT2D eigenvalue weighted by Gasteiger charge is 1.97. The molecule has 0 bridgehead atoms. The third-order valence-corrected chi connectivity index (χ3v) is 2.63. The smallest absolute Gasteiger partial charge is 0.0478 e. The van der Waals surface area contributed by atoms with Crippen molar-refractivity contribution in [1.82, 2.24) is 0 Å². The van der Waals surface area contributed by atoms with Gasteiger partial charge in [0.05, 0.1) is 0 Å². The van der Waals surface area contributed by atoms with Gasteiger partial charge in [0.15, 0.2) is 0 Å². The van der Waals surface area contributed by atoms with Gasteiger partial charge in [-0.1, -0.05) is 13.0 Å². The van der Waals surface area contributed by atoms with E-state index in [9.17, 15) is 0 Å². The van der Waals surface area contributed by atoms with Crippen molar-refractivity contribution in [1.29, 1.82) is 0 Å². The molecule has 1 aromatic carbocycles. The van der Waals surface area contributed by atoms with E-state index >= 15 is 0 Å². The molecule has 1 aromatic rings. The minimum atomic E-state index is 1.06. The summed E-state index contributed by atoms with van der Waals surface area (Å²) < 4.78 is 1.30. The van der Waals surface area contributed by atoms with Gasteiger partial charge in [0.2, 0.25) is 0 Å². The minimum Gasteiger partial charge on any atom is -0.384 e. The standard InChI is InChI=1S/C10H14IN/c1-3-6-12-10-7-8(2)4-5-9(10)11/h4-5,7,12H,3,6H2,1-2H3. The van der Waals surface area contributed by atoms with Gasteiger partial charge < -0.3 is 5.32 Å². The van der Waals surface area contributed by atoms with Crippen molar-refractivity contribution in [3.63, 3.8) is 0 Å². The Morgan fingerprint density at radius 3 is 2.83 bits per heavy atom. The monoisotopic (exact) mass is 275 g/mol. The fraction of sp³-hybridized carbons (Fsp3) is 0.400. The van der Waals surface area contributed by atoms with Gasteiger partial charge in [-0.2, -0.15) is 0 Å². The third-order valence-electron chi connectivity index (χ3n) is 1.69. The molecule has 0 aliphatic rings. The summed E-state index contributed by atoms with van der Waals surface area (Å²) in [7, 11) is 0. The predicted molar refractivity (Wildman–Crippen MR) is 62.7 cm³/mol. The van der Waals surface area contributed by atoms with Crippen LogP contribution in [0.1, 0.15) is 18.9 Å². The van der Waals surface area contributed by atoms with E-state index in [2.05, 4.69) is 60.0 Å². The summed E-state index contributed by atoms with van der Waals surface area (Å²) in [6, 6.07) is 6.48. The molecule has 1 nitrogen and oxygen atoms in total. The highest BCUT2D eigenvalue weighted by atomic mass is 127. The molecule has 66 valence electrons. The van der Waals surface area contributed by atoms with E-state index in [1.807, 2.05) is 0 Å². The zero-order chi connectivity index (χ0) is 8.97. The lowest BCUT2D eigenvalue weighted by molar-refractivity contribution is 0.978. The van der Waals surface area contributed by atoms with E-state index in [1.165, 1.54) is 21.2 Å². The van der Waals surface area contributed by atoms with Crippen molar-refractivity contribution in [3.8, 4) is 0 Å². The van der Waals surface area contributed by atoms with Gasteiger partial charge >= 0.3 is 0 Å². The number of anilines is 1. The Morgan fingerprint density at radius 1 is 1.42 bits per heavy atom. The summed E-state index contributed by atoms with van der Waals surface area (Å²) in [5.74, 6) is 0. The van der Waals surface area contributed by atoms with Crippen LogP contribution in [0.2, 0.25) is 0 Å². The summed E-state index contributed by atoms with van der Waals surface area (Å²) in [6.07, 6.45) is 1.17. The molecule has 0 unspecified atom stereocenters. The average molecular weight is 275 g/mol. The maximum absolute atomic E-state index is 3.40. The highest BCUT2D eigenvalue weighted by molar-refractivity contribution is 14.1. The molecule has 12 heavy (non-hydrogen) atoms. The fourth-order valence-electron chi connectivity index (χ4n) is 1.03. The van der Waals surface area contributed by atoms with Gasteiger partial charge in [0.25, 0.3) is 0 Å². The van der Waals surface area contributed by atoms with E-state index in [-0.39, 0.29) is 0 Å². The first-order chi connectivity index (χ1) is 5.74. The predicted octanol–water partition coefficient (Wildman–Crippen LogP) is 3.42. The first-order valence-electron chi connectivity index (χ1n) is 4.24. The molecular weight excluding hydrogens is 261 g/mol. The molecule has 0 spiro atoms. The van der Waals surface area contributed by atoms with Crippen LogP contribution in [0.3, 0.4) is 0 Å². The van der Waals surface area contributed by atoms with Crippen LogP contribution in [-0.4, -0.2) is 6.54 Å². The number of hydrogen-bond acceptors (Lipinski definition) is 1. The molecule has 0 atom stereocenters. The molecule has 0 aliphatic carbocycles. The lowest BCUT2D eigenvalue weighted by Crippen LogP contribution is -2.01. The number of benzene rings is 1. The van der Waals surface area contributed by atoms with Crippen molar-refractivity contribution in [3.05, 3.63) is 27.3 Å². The van der Waals surface area contributed by atoms with Crippen LogP contribution < -0.4 is 5.32 Å².